The number of anilines is 1. The molecular weight excluding hydrogens is 294 g/mol. The molecule has 0 aromatic carbocycles. The molecule has 126 valence electrons. The van der Waals surface area contributed by atoms with Crippen LogP contribution >= 0.6 is 0 Å². The molecule has 2 amide bonds. The second kappa shape index (κ2) is 6.31. The summed E-state index contributed by atoms with van der Waals surface area (Å²) >= 11 is 0. The van der Waals surface area contributed by atoms with Crippen LogP contribution in [-0.4, -0.2) is 63.1 Å². The summed E-state index contributed by atoms with van der Waals surface area (Å²) in [7, 11) is 1.81. The van der Waals surface area contributed by atoms with E-state index in [1.165, 1.54) is 0 Å². The molecule has 1 aromatic rings. The lowest BCUT2D eigenvalue weighted by atomic mass is 10.1. The van der Waals surface area contributed by atoms with E-state index in [2.05, 4.69) is 22.2 Å². The lowest BCUT2D eigenvalue weighted by Crippen LogP contribution is -2.47. The standard InChI is InChI=1S/C16H25N5O2/c1-4-20-8-7-12-5-6-13(10-20)21(12)16(23)15(22)17-14-9-11(2)19(3)18-14/h9,12-13H,4-8,10H2,1-3H3,(H,17,18,22)/t12-,13+/m1/s1. The van der Waals surface area contributed by atoms with Crippen LogP contribution in [-0.2, 0) is 16.6 Å². The van der Waals surface area contributed by atoms with Gasteiger partial charge in [0, 0.05) is 44.0 Å². The van der Waals surface area contributed by atoms with Gasteiger partial charge in [-0.1, -0.05) is 6.92 Å². The first kappa shape index (κ1) is 16.0. The van der Waals surface area contributed by atoms with E-state index in [-0.39, 0.29) is 12.1 Å². The van der Waals surface area contributed by atoms with Crippen molar-refractivity contribution >= 4 is 17.6 Å². The Balaban J connectivity index is 1.70. The van der Waals surface area contributed by atoms with Gasteiger partial charge in [0.05, 0.1) is 0 Å². The molecule has 1 N–H and O–H groups in total. The Morgan fingerprint density at radius 1 is 1.30 bits per heavy atom. The molecule has 2 saturated heterocycles. The molecule has 7 nitrogen and oxygen atoms in total. The van der Waals surface area contributed by atoms with Gasteiger partial charge in [-0.05, 0) is 32.7 Å². The first-order valence-corrected chi connectivity index (χ1v) is 8.36. The Kier molecular flexibility index (Phi) is 4.39. The Morgan fingerprint density at radius 2 is 2.04 bits per heavy atom. The monoisotopic (exact) mass is 319 g/mol. The quantitative estimate of drug-likeness (QED) is 0.817. The predicted octanol–water partition coefficient (Wildman–Crippen LogP) is 0.752. The van der Waals surface area contributed by atoms with E-state index >= 15 is 0 Å². The third-order valence-corrected chi connectivity index (χ3v) is 5.10. The maximum Gasteiger partial charge on any atom is 0.315 e. The summed E-state index contributed by atoms with van der Waals surface area (Å²) in [5.41, 5.74) is 0.932. The molecule has 3 heterocycles. The molecule has 7 heteroatoms. The summed E-state index contributed by atoms with van der Waals surface area (Å²) in [5, 5.41) is 6.82. The van der Waals surface area contributed by atoms with Gasteiger partial charge in [0.1, 0.15) is 0 Å². The Labute approximate surface area is 136 Å². The molecule has 2 aliphatic heterocycles. The Morgan fingerprint density at radius 3 is 2.70 bits per heavy atom. The van der Waals surface area contributed by atoms with Crippen molar-refractivity contribution in [2.75, 3.05) is 25.0 Å². The lowest BCUT2D eigenvalue weighted by Gasteiger charge is -2.28. The fraction of sp³-hybridized carbons (Fsp3) is 0.688. The molecule has 0 aliphatic carbocycles. The molecule has 3 rings (SSSR count). The van der Waals surface area contributed by atoms with Crippen molar-refractivity contribution in [2.45, 2.75) is 45.2 Å². The average molecular weight is 319 g/mol. The average Bonchev–Trinajstić information content (AvgIpc) is 2.97. The fourth-order valence-electron chi connectivity index (χ4n) is 3.67. The van der Waals surface area contributed by atoms with E-state index in [1.807, 2.05) is 11.8 Å². The smallest absolute Gasteiger partial charge is 0.315 e. The zero-order valence-corrected chi connectivity index (χ0v) is 14.1. The number of likely N-dealkylation sites (tertiary alicyclic amines) is 1. The summed E-state index contributed by atoms with van der Waals surface area (Å²) in [6, 6.07) is 2.12. The number of aromatic nitrogens is 2. The van der Waals surface area contributed by atoms with Gasteiger partial charge >= 0.3 is 11.8 Å². The van der Waals surface area contributed by atoms with Gasteiger partial charge in [-0.15, -0.1) is 0 Å². The highest BCUT2D eigenvalue weighted by Gasteiger charge is 2.41. The largest absolute Gasteiger partial charge is 0.327 e. The van der Waals surface area contributed by atoms with E-state index in [0.717, 1.165) is 44.6 Å². The molecule has 0 saturated carbocycles. The van der Waals surface area contributed by atoms with Crippen LogP contribution in [0.1, 0.15) is 31.9 Å². The Hall–Kier alpha value is -1.89. The number of hydrogen-bond donors (Lipinski definition) is 1. The third kappa shape index (κ3) is 3.10. The van der Waals surface area contributed by atoms with Crippen LogP contribution in [0.5, 0.6) is 0 Å². The van der Waals surface area contributed by atoms with Crippen LogP contribution in [0.2, 0.25) is 0 Å². The van der Waals surface area contributed by atoms with Gasteiger partial charge in [0.2, 0.25) is 0 Å². The van der Waals surface area contributed by atoms with Crippen LogP contribution in [0.3, 0.4) is 0 Å². The van der Waals surface area contributed by atoms with Crippen molar-refractivity contribution in [3.05, 3.63) is 11.8 Å². The van der Waals surface area contributed by atoms with Crippen LogP contribution in [0.25, 0.3) is 0 Å². The summed E-state index contributed by atoms with van der Waals surface area (Å²) in [5.74, 6) is -0.565. The van der Waals surface area contributed by atoms with Gasteiger partial charge in [-0.3, -0.25) is 14.3 Å². The van der Waals surface area contributed by atoms with E-state index in [1.54, 1.807) is 17.8 Å². The lowest BCUT2D eigenvalue weighted by molar-refractivity contribution is -0.145. The summed E-state index contributed by atoms with van der Waals surface area (Å²) in [4.78, 5) is 29.2. The predicted molar refractivity (Wildman–Crippen MR) is 87.0 cm³/mol. The van der Waals surface area contributed by atoms with Crippen molar-refractivity contribution in [2.24, 2.45) is 7.05 Å². The zero-order chi connectivity index (χ0) is 16.6. The van der Waals surface area contributed by atoms with Crippen LogP contribution in [0, 0.1) is 6.92 Å². The number of aryl methyl sites for hydroxylation is 2. The minimum Gasteiger partial charge on any atom is -0.327 e. The second-order valence-electron chi connectivity index (χ2n) is 6.53. The molecule has 0 radical (unpaired) electrons. The van der Waals surface area contributed by atoms with Crippen molar-refractivity contribution < 1.29 is 9.59 Å². The van der Waals surface area contributed by atoms with Crippen molar-refractivity contribution in [3.63, 3.8) is 0 Å². The van der Waals surface area contributed by atoms with E-state index < -0.39 is 11.8 Å². The maximum absolute atomic E-state index is 12.7. The van der Waals surface area contributed by atoms with Gasteiger partial charge in [0.25, 0.3) is 0 Å². The third-order valence-electron chi connectivity index (χ3n) is 5.10. The number of nitrogens with zero attached hydrogens (tertiary/aromatic N) is 4. The van der Waals surface area contributed by atoms with Gasteiger partial charge < -0.3 is 15.1 Å². The summed E-state index contributed by atoms with van der Waals surface area (Å²) in [6.07, 6.45) is 2.94. The zero-order valence-electron chi connectivity index (χ0n) is 14.1. The number of nitrogens with one attached hydrogen (secondary N) is 1. The molecule has 0 unspecified atom stereocenters. The van der Waals surface area contributed by atoms with Crippen molar-refractivity contribution in [1.82, 2.24) is 19.6 Å². The number of carbonyl (C=O) groups excluding carboxylic acids is 2. The molecule has 0 spiro atoms. The molecule has 2 fully saturated rings. The first-order chi connectivity index (χ1) is 11.0. The number of hydrogen-bond acceptors (Lipinski definition) is 4. The van der Waals surface area contributed by atoms with Crippen LogP contribution in [0.4, 0.5) is 5.82 Å². The first-order valence-electron chi connectivity index (χ1n) is 8.36. The normalized spacial score (nSPS) is 24.6. The highest BCUT2D eigenvalue weighted by molar-refractivity contribution is 6.39. The molecule has 23 heavy (non-hydrogen) atoms. The maximum atomic E-state index is 12.7. The van der Waals surface area contributed by atoms with Gasteiger partial charge in [-0.25, -0.2) is 0 Å². The minimum atomic E-state index is -0.579. The number of amides is 2. The molecule has 2 bridgehead atoms. The van der Waals surface area contributed by atoms with Crippen LogP contribution < -0.4 is 5.32 Å². The minimum absolute atomic E-state index is 0.158. The topological polar surface area (TPSA) is 70.5 Å². The summed E-state index contributed by atoms with van der Waals surface area (Å²) in [6.45, 7) is 6.90. The highest BCUT2D eigenvalue weighted by atomic mass is 16.2. The van der Waals surface area contributed by atoms with E-state index in [0.29, 0.717) is 5.82 Å². The van der Waals surface area contributed by atoms with Gasteiger partial charge in [0.15, 0.2) is 5.82 Å². The van der Waals surface area contributed by atoms with Gasteiger partial charge in [-0.2, -0.15) is 5.10 Å². The fourth-order valence-corrected chi connectivity index (χ4v) is 3.67. The number of fused-ring (bicyclic) bond motifs is 2. The van der Waals surface area contributed by atoms with Crippen LogP contribution in [0.15, 0.2) is 6.07 Å². The molecule has 1 aromatic heterocycles. The molecule has 2 atom stereocenters. The SMILES string of the molecule is CCN1CC[C@H]2CC[C@@H](C1)N2C(=O)C(=O)Nc1cc(C)n(C)n1. The molecule has 2 aliphatic rings. The van der Waals surface area contributed by atoms with Crippen molar-refractivity contribution in [3.8, 4) is 0 Å². The molecular formula is C16H25N5O2. The number of likely N-dealkylation sites (N-methyl/N-ethyl adjacent to an activating group) is 1. The highest BCUT2D eigenvalue weighted by Crippen LogP contribution is 2.30. The Bertz CT molecular complexity index is 592. The van der Waals surface area contributed by atoms with E-state index in [4.69, 9.17) is 0 Å². The van der Waals surface area contributed by atoms with E-state index in [9.17, 15) is 9.59 Å². The number of rotatable bonds is 2. The number of carbonyl (C=O) groups is 2. The second-order valence-corrected chi connectivity index (χ2v) is 6.53. The van der Waals surface area contributed by atoms with Crippen molar-refractivity contribution in [1.29, 1.82) is 0 Å². The summed E-state index contributed by atoms with van der Waals surface area (Å²) < 4.78 is 1.68.